The van der Waals surface area contributed by atoms with Crippen LogP contribution in [0.25, 0.3) is 0 Å². The molecule has 5 atom stereocenters. The molecule has 31 nitrogen and oxygen atoms in total. The molecule has 0 fully saturated rings. The largest absolute Gasteiger partial charge is 0.508 e. The van der Waals surface area contributed by atoms with Crippen molar-refractivity contribution in [3.05, 3.63) is 29.8 Å². The van der Waals surface area contributed by atoms with Crippen molar-refractivity contribution in [1.82, 2.24) is 47.9 Å². The standard InChI is InChI=1S/C64H110N12O19/c1-68-49(53(78)43-73-47(19-18-32-72-64(66)67)42-57(82)76-52(61(65)87)41-46-23-25-48(77)26-24-46)20-16-17-31-69-58(83)44-94-39-38-93-36-34-71-59(84)45-95-40-37-92-35-33-70-54(79)29-27-50(62(88)89)75-56(81)30-28-51(63(90)91)74-55(80)21-14-12-10-8-6-4-2-3-5-7-9-11-13-15-22-60(85)86/h23-26,47,49-52,68,73,77H,2-22,27-45H2,1H3,(H2,65,87)(H,69,83)(H,70,79)(H,71,84)(H,74,80)(H,75,81)(H,76,82)(H,85,86)(H,88,89)(H,90,91)(H4,66,67,72)/t47-,49-,50-,51-,52-/m0/s1. The number of carbonyl (C=O) groups excluding carboxylic acids is 8. The van der Waals surface area contributed by atoms with Gasteiger partial charge in [0.1, 0.15) is 37.1 Å². The number of Topliss-reactive ketones (excluding diaryl/α,β-unsaturated/α-hetero) is 1. The monoisotopic (exact) mass is 1350 g/mol. The predicted molar refractivity (Wildman–Crippen MR) is 352 cm³/mol. The Morgan fingerprint density at radius 1 is 0.453 bits per heavy atom. The molecule has 0 spiro atoms. The zero-order chi connectivity index (χ0) is 70.3. The smallest absolute Gasteiger partial charge is 0.326 e. The van der Waals surface area contributed by atoms with Gasteiger partial charge in [-0.25, -0.2) is 9.59 Å². The van der Waals surface area contributed by atoms with E-state index in [2.05, 4.69) is 47.9 Å². The summed E-state index contributed by atoms with van der Waals surface area (Å²) in [5.41, 5.74) is 11.7. The summed E-state index contributed by atoms with van der Waals surface area (Å²) in [5.74, 6) is -7.28. The van der Waals surface area contributed by atoms with Gasteiger partial charge >= 0.3 is 17.9 Å². The van der Waals surface area contributed by atoms with E-state index in [0.29, 0.717) is 57.2 Å². The van der Waals surface area contributed by atoms with Crippen LogP contribution in [0.15, 0.2) is 24.3 Å². The number of benzene rings is 1. The van der Waals surface area contributed by atoms with Gasteiger partial charge in [0.25, 0.3) is 0 Å². The number of unbranched alkanes of at least 4 members (excludes halogenated alkanes) is 14. The molecule has 1 aromatic rings. The molecule has 31 heteroatoms. The number of aromatic hydroxyl groups is 1. The predicted octanol–water partition coefficient (Wildman–Crippen LogP) is 1.28. The van der Waals surface area contributed by atoms with Crippen molar-refractivity contribution >= 4 is 71.0 Å². The molecule has 0 radical (unpaired) electrons. The highest BCUT2D eigenvalue weighted by atomic mass is 16.5. The maximum atomic E-state index is 13.2. The molecule has 0 aliphatic heterocycles. The highest BCUT2D eigenvalue weighted by Gasteiger charge is 2.26. The van der Waals surface area contributed by atoms with Crippen LogP contribution in [0, 0.1) is 5.41 Å². The van der Waals surface area contributed by atoms with E-state index in [-0.39, 0.29) is 153 Å². The summed E-state index contributed by atoms with van der Waals surface area (Å²) >= 11 is 0. The maximum absolute atomic E-state index is 13.2. The number of nitrogens with one attached hydrogen (secondary N) is 10. The average Bonchev–Trinajstić information content (AvgIpc) is 1.16. The van der Waals surface area contributed by atoms with Crippen molar-refractivity contribution in [3.63, 3.8) is 0 Å². The quantitative estimate of drug-likeness (QED) is 0.0248. The molecule has 0 unspecified atom stereocenters. The number of phenolic OH excluding ortho intramolecular Hbond substituents is 1. The van der Waals surface area contributed by atoms with Crippen LogP contribution in [0.3, 0.4) is 0 Å². The number of guanidine groups is 1. The van der Waals surface area contributed by atoms with Gasteiger partial charge in [-0.15, -0.1) is 0 Å². The second kappa shape index (κ2) is 55.7. The Morgan fingerprint density at radius 2 is 0.905 bits per heavy atom. The van der Waals surface area contributed by atoms with Gasteiger partial charge in [0.05, 0.1) is 52.2 Å². The van der Waals surface area contributed by atoms with E-state index in [1.807, 2.05) is 0 Å². The van der Waals surface area contributed by atoms with Crippen LogP contribution in [0.4, 0.5) is 0 Å². The molecule has 0 aliphatic carbocycles. The number of hydrogen-bond donors (Lipinski definition) is 16. The number of nitrogens with two attached hydrogens (primary N) is 2. The first-order valence-electron chi connectivity index (χ1n) is 33.3. The van der Waals surface area contributed by atoms with Crippen LogP contribution in [0.1, 0.15) is 173 Å². The lowest BCUT2D eigenvalue weighted by molar-refractivity contribution is -0.143. The van der Waals surface area contributed by atoms with Crippen LogP contribution < -0.4 is 59.3 Å². The van der Waals surface area contributed by atoms with Gasteiger partial charge in [-0.3, -0.25) is 48.6 Å². The van der Waals surface area contributed by atoms with Gasteiger partial charge in [0, 0.05) is 70.7 Å². The van der Waals surface area contributed by atoms with Crippen LogP contribution in [0.2, 0.25) is 0 Å². The topological polar surface area (TPSA) is 490 Å². The van der Waals surface area contributed by atoms with Gasteiger partial charge in [0.15, 0.2) is 11.7 Å². The Labute approximate surface area is 557 Å². The van der Waals surface area contributed by atoms with E-state index in [0.717, 1.165) is 57.8 Å². The fourth-order valence-electron chi connectivity index (χ4n) is 9.72. The lowest BCUT2D eigenvalue weighted by Crippen LogP contribution is -2.48. The van der Waals surface area contributed by atoms with Gasteiger partial charge in [0.2, 0.25) is 41.4 Å². The van der Waals surface area contributed by atoms with Crippen molar-refractivity contribution in [2.75, 3.05) is 92.6 Å². The number of rotatable bonds is 63. The van der Waals surface area contributed by atoms with E-state index >= 15 is 0 Å². The van der Waals surface area contributed by atoms with Gasteiger partial charge in [-0.2, -0.15) is 0 Å². The number of ether oxygens (including phenoxy) is 4. The summed E-state index contributed by atoms with van der Waals surface area (Å²) in [6, 6.07) is 1.47. The second-order valence-electron chi connectivity index (χ2n) is 23.2. The highest BCUT2D eigenvalue weighted by Crippen LogP contribution is 2.16. The van der Waals surface area contributed by atoms with Crippen LogP contribution in [-0.2, 0) is 78.1 Å². The van der Waals surface area contributed by atoms with Gasteiger partial charge in [-0.05, 0) is 82.5 Å². The summed E-state index contributed by atoms with van der Waals surface area (Å²) in [6.07, 6.45) is 16.4. The normalized spacial score (nSPS) is 12.6. The molecular formula is C64H110N12O19. The fourth-order valence-corrected chi connectivity index (χ4v) is 9.72. The molecule has 540 valence electrons. The minimum absolute atomic E-state index is 0.0461. The van der Waals surface area contributed by atoms with E-state index in [1.54, 1.807) is 19.2 Å². The summed E-state index contributed by atoms with van der Waals surface area (Å²) in [7, 11) is 1.67. The summed E-state index contributed by atoms with van der Waals surface area (Å²) in [6.45, 7) is 1.32. The second-order valence-corrected chi connectivity index (χ2v) is 23.2. The van der Waals surface area contributed by atoms with Crippen LogP contribution >= 0.6 is 0 Å². The fraction of sp³-hybridized carbons (Fsp3) is 0.719. The van der Waals surface area contributed by atoms with Gasteiger partial charge < -0.3 is 98.7 Å². The average molecular weight is 1350 g/mol. The molecule has 0 saturated heterocycles. The molecule has 1 aromatic carbocycles. The minimum atomic E-state index is -1.41. The zero-order valence-electron chi connectivity index (χ0n) is 55.5. The maximum Gasteiger partial charge on any atom is 0.326 e. The van der Waals surface area contributed by atoms with Crippen molar-refractivity contribution in [1.29, 1.82) is 5.41 Å². The highest BCUT2D eigenvalue weighted by molar-refractivity contribution is 5.88. The number of carboxylic acid groups (broad SMARTS) is 3. The van der Waals surface area contributed by atoms with Crippen molar-refractivity contribution in [3.8, 4) is 5.75 Å². The minimum Gasteiger partial charge on any atom is -0.508 e. The summed E-state index contributed by atoms with van der Waals surface area (Å²) in [5, 5.41) is 69.2. The summed E-state index contributed by atoms with van der Waals surface area (Å²) in [4.78, 5) is 135. The molecule has 0 bridgehead atoms. The Hall–Kier alpha value is -7.58. The number of primary amides is 1. The molecule has 0 aromatic heterocycles. The SMILES string of the molecule is CN[C@@H](CCCCNC(=O)COCCOCCNC(=O)COCCOCCNC(=O)CC[C@H](NC(=O)CC[C@H](NC(=O)CCCCCCCCCCCCCCCCC(=O)O)C(=O)O)C(=O)O)C(=O)CN[C@@H](CCCNC(=N)N)CC(=O)N[C@@H](Cc1ccc(O)cc1)C(N)=O. The number of carboxylic acids is 3. The molecule has 0 aliphatic rings. The number of phenols is 1. The third-order valence-corrected chi connectivity index (χ3v) is 15.1. The number of amides is 7. The van der Waals surface area contributed by atoms with Crippen molar-refractivity contribution < 1.29 is 92.1 Å². The number of likely N-dealkylation sites (N-methyl/N-ethyl adjacent to an activating group) is 1. The molecule has 18 N–H and O–H groups in total. The first kappa shape index (κ1) is 85.4. The third-order valence-electron chi connectivity index (χ3n) is 15.1. The van der Waals surface area contributed by atoms with E-state index in [1.165, 1.54) is 37.8 Å². The zero-order valence-corrected chi connectivity index (χ0v) is 55.5. The Balaban J connectivity index is 2.14. The molecular weight excluding hydrogens is 1240 g/mol. The first-order valence-corrected chi connectivity index (χ1v) is 33.3. The number of aliphatic carboxylic acids is 3. The van der Waals surface area contributed by atoms with E-state index in [4.69, 9.17) is 40.9 Å². The lowest BCUT2D eigenvalue weighted by atomic mass is 10.0. The van der Waals surface area contributed by atoms with Crippen LogP contribution in [-0.4, -0.2) is 214 Å². The Bertz CT molecular complexity index is 2410. The Morgan fingerprint density at radius 3 is 1.40 bits per heavy atom. The molecule has 0 saturated carbocycles. The van der Waals surface area contributed by atoms with Crippen molar-refractivity contribution in [2.45, 2.75) is 204 Å². The van der Waals surface area contributed by atoms with Crippen LogP contribution in [0.5, 0.6) is 5.75 Å². The number of carbonyl (C=O) groups is 11. The molecule has 1 rings (SSSR count). The summed E-state index contributed by atoms with van der Waals surface area (Å²) < 4.78 is 21.5. The van der Waals surface area contributed by atoms with E-state index < -0.39 is 77.7 Å². The lowest BCUT2D eigenvalue weighted by Gasteiger charge is -2.22. The molecule has 0 heterocycles. The van der Waals surface area contributed by atoms with Crippen molar-refractivity contribution in [2.24, 2.45) is 11.5 Å². The number of ketones is 1. The first-order chi connectivity index (χ1) is 45.6. The molecule has 95 heavy (non-hydrogen) atoms. The molecule has 7 amide bonds. The Kier molecular flexibility index (Phi) is 50.1. The number of hydrogen-bond acceptors (Lipinski definition) is 19. The third kappa shape index (κ3) is 49.6. The van der Waals surface area contributed by atoms with E-state index in [9.17, 15) is 68.1 Å². The van der Waals surface area contributed by atoms with Gasteiger partial charge in [-0.1, -0.05) is 89.2 Å².